The van der Waals surface area contributed by atoms with E-state index in [1.807, 2.05) is 45.0 Å². The fourth-order valence-electron chi connectivity index (χ4n) is 3.22. The van der Waals surface area contributed by atoms with Crippen molar-refractivity contribution in [3.05, 3.63) is 24.3 Å². The van der Waals surface area contributed by atoms with Gasteiger partial charge in [-0.15, -0.1) is 0 Å². The Kier molecular flexibility index (Phi) is 6.27. The molecule has 24 heavy (non-hydrogen) atoms. The lowest BCUT2D eigenvalue weighted by Crippen LogP contribution is -2.40. The fraction of sp³-hybridized carbons (Fsp3) is 0.650. The van der Waals surface area contributed by atoms with E-state index < -0.39 is 5.41 Å². The largest absolute Gasteiger partial charge is 0.492 e. The smallest absolute Gasteiger partial charge is 0.229 e. The molecule has 1 fully saturated rings. The van der Waals surface area contributed by atoms with Crippen molar-refractivity contribution in [3.8, 4) is 5.75 Å². The number of piperidine rings is 1. The molecule has 0 radical (unpaired) electrons. The van der Waals surface area contributed by atoms with Crippen molar-refractivity contribution in [1.82, 2.24) is 4.90 Å². The standard InChI is InChI=1S/C20H32N2O2/c1-15-12-16(2)14-22(13-15)10-11-24-18-8-6-17(7-9-18)21-19(23)20(3,4)5/h6-9,15-16H,10-14H2,1-5H3,(H,21,23). The van der Waals surface area contributed by atoms with Gasteiger partial charge in [0.15, 0.2) is 0 Å². The summed E-state index contributed by atoms with van der Waals surface area (Å²) in [5.41, 5.74) is 0.415. The van der Waals surface area contributed by atoms with Gasteiger partial charge in [0.25, 0.3) is 0 Å². The Morgan fingerprint density at radius 1 is 1.17 bits per heavy atom. The molecule has 1 aromatic rings. The van der Waals surface area contributed by atoms with E-state index in [2.05, 4.69) is 24.1 Å². The highest BCUT2D eigenvalue weighted by Gasteiger charge is 2.22. The highest BCUT2D eigenvalue weighted by molar-refractivity contribution is 5.94. The number of nitrogens with one attached hydrogen (secondary N) is 1. The van der Waals surface area contributed by atoms with Gasteiger partial charge in [0.2, 0.25) is 5.91 Å². The lowest BCUT2D eigenvalue weighted by Gasteiger charge is -2.34. The van der Waals surface area contributed by atoms with Crippen LogP contribution < -0.4 is 10.1 Å². The van der Waals surface area contributed by atoms with Gasteiger partial charge in [-0.25, -0.2) is 0 Å². The molecule has 134 valence electrons. The van der Waals surface area contributed by atoms with E-state index in [4.69, 9.17) is 4.74 Å². The number of nitrogens with zero attached hydrogens (tertiary/aromatic N) is 1. The van der Waals surface area contributed by atoms with E-state index in [0.717, 1.165) is 29.8 Å². The summed E-state index contributed by atoms with van der Waals surface area (Å²) in [4.78, 5) is 14.5. The predicted octanol–water partition coefficient (Wildman–Crippen LogP) is 4.03. The molecule has 2 atom stereocenters. The molecule has 4 nitrogen and oxygen atoms in total. The summed E-state index contributed by atoms with van der Waals surface area (Å²) in [6, 6.07) is 7.62. The van der Waals surface area contributed by atoms with Crippen molar-refractivity contribution in [3.63, 3.8) is 0 Å². The number of amides is 1. The van der Waals surface area contributed by atoms with Crippen LogP contribution in [0, 0.1) is 17.3 Å². The summed E-state index contributed by atoms with van der Waals surface area (Å²) in [5.74, 6) is 2.42. The Balaban J connectivity index is 1.77. The summed E-state index contributed by atoms with van der Waals surface area (Å²) in [6.07, 6.45) is 1.33. The topological polar surface area (TPSA) is 41.6 Å². The van der Waals surface area contributed by atoms with Crippen LogP contribution in [0.4, 0.5) is 5.69 Å². The molecule has 4 heteroatoms. The Hall–Kier alpha value is -1.55. The monoisotopic (exact) mass is 332 g/mol. The molecule has 1 amide bonds. The van der Waals surface area contributed by atoms with Crippen LogP contribution in [0.1, 0.15) is 41.0 Å². The van der Waals surface area contributed by atoms with Gasteiger partial charge in [0.1, 0.15) is 12.4 Å². The van der Waals surface area contributed by atoms with Gasteiger partial charge in [-0.05, 0) is 42.5 Å². The number of carbonyl (C=O) groups excluding carboxylic acids is 1. The van der Waals surface area contributed by atoms with Crippen molar-refractivity contribution in [1.29, 1.82) is 0 Å². The van der Waals surface area contributed by atoms with Crippen molar-refractivity contribution in [2.24, 2.45) is 17.3 Å². The maximum absolute atomic E-state index is 12.0. The number of ether oxygens (including phenoxy) is 1. The zero-order chi connectivity index (χ0) is 17.7. The molecule has 0 saturated carbocycles. The highest BCUT2D eigenvalue weighted by atomic mass is 16.5. The quantitative estimate of drug-likeness (QED) is 0.885. The summed E-state index contributed by atoms with van der Waals surface area (Å²) in [5, 5.41) is 2.92. The first kappa shape index (κ1) is 18.8. The zero-order valence-electron chi connectivity index (χ0n) is 15.8. The SMILES string of the molecule is CC1CC(C)CN(CCOc2ccc(NC(=O)C(C)(C)C)cc2)C1. The first-order chi connectivity index (χ1) is 11.2. The summed E-state index contributed by atoms with van der Waals surface area (Å²) in [7, 11) is 0. The normalized spacial score (nSPS) is 22.2. The number of benzene rings is 1. The van der Waals surface area contributed by atoms with E-state index in [9.17, 15) is 4.79 Å². The lowest BCUT2D eigenvalue weighted by atomic mass is 9.92. The van der Waals surface area contributed by atoms with Crippen molar-refractivity contribution in [2.75, 3.05) is 31.6 Å². The van der Waals surface area contributed by atoms with Crippen molar-refractivity contribution in [2.45, 2.75) is 41.0 Å². The second kappa shape index (κ2) is 8.02. The minimum absolute atomic E-state index is 0.0181. The lowest BCUT2D eigenvalue weighted by molar-refractivity contribution is -0.123. The molecule has 1 aliphatic rings. The Labute approximate surface area is 146 Å². The molecule has 0 spiro atoms. The molecule has 1 saturated heterocycles. The van der Waals surface area contributed by atoms with Gasteiger partial charge in [0, 0.05) is 30.7 Å². The molecule has 0 aromatic heterocycles. The zero-order valence-corrected chi connectivity index (χ0v) is 15.8. The average Bonchev–Trinajstić information content (AvgIpc) is 2.47. The second-order valence-corrected chi connectivity index (χ2v) is 8.28. The molecule has 0 bridgehead atoms. The maximum Gasteiger partial charge on any atom is 0.229 e. The number of likely N-dealkylation sites (tertiary alicyclic amines) is 1. The van der Waals surface area contributed by atoms with Crippen LogP contribution in [-0.4, -0.2) is 37.0 Å². The first-order valence-electron chi connectivity index (χ1n) is 9.00. The van der Waals surface area contributed by atoms with Crippen LogP contribution in [0.5, 0.6) is 5.75 Å². The average molecular weight is 332 g/mol. The van der Waals surface area contributed by atoms with Crippen LogP contribution >= 0.6 is 0 Å². The summed E-state index contributed by atoms with van der Waals surface area (Å²) >= 11 is 0. The van der Waals surface area contributed by atoms with Crippen LogP contribution in [0.3, 0.4) is 0 Å². The molecule has 2 rings (SSSR count). The number of rotatable bonds is 5. The van der Waals surface area contributed by atoms with Crippen molar-refractivity contribution >= 4 is 11.6 Å². The van der Waals surface area contributed by atoms with E-state index in [0.29, 0.717) is 6.61 Å². The third kappa shape index (κ3) is 5.82. The molecule has 2 unspecified atom stereocenters. The van der Waals surface area contributed by atoms with Gasteiger partial charge >= 0.3 is 0 Å². The van der Waals surface area contributed by atoms with E-state index in [1.54, 1.807) is 0 Å². The number of anilines is 1. The summed E-state index contributed by atoms with van der Waals surface area (Å²) < 4.78 is 5.85. The predicted molar refractivity (Wildman–Crippen MR) is 99.4 cm³/mol. The third-order valence-corrected chi connectivity index (χ3v) is 4.41. The van der Waals surface area contributed by atoms with Gasteiger partial charge in [0.05, 0.1) is 0 Å². The highest BCUT2D eigenvalue weighted by Crippen LogP contribution is 2.22. The Morgan fingerprint density at radius 3 is 2.29 bits per heavy atom. The van der Waals surface area contributed by atoms with Gasteiger partial charge in [-0.2, -0.15) is 0 Å². The molecular weight excluding hydrogens is 300 g/mol. The van der Waals surface area contributed by atoms with Crippen LogP contribution in [0.25, 0.3) is 0 Å². The minimum Gasteiger partial charge on any atom is -0.492 e. The first-order valence-corrected chi connectivity index (χ1v) is 9.00. The van der Waals surface area contributed by atoms with Crippen molar-refractivity contribution < 1.29 is 9.53 Å². The molecular formula is C20H32N2O2. The molecule has 1 aromatic carbocycles. The van der Waals surface area contributed by atoms with Gasteiger partial charge in [-0.1, -0.05) is 34.6 Å². The minimum atomic E-state index is -0.391. The maximum atomic E-state index is 12.0. The van der Waals surface area contributed by atoms with E-state index in [-0.39, 0.29) is 5.91 Å². The van der Waals surface area contributed by atoms with E-state index in [1.165, 1.54) is 19.5 Å². The van der Waals surface area contributed by atoms with E-state index >= 15 is 0 Å². The molecule has 1 heterocycles. The number of hydrogen-bond donors (Lipinski definition) is 1. The molecule has 1 aliphatic heterocycles. The van der Waals surface area contributed by atoms with Crippen LogP contribution in [0.15, 0.2) is 24.3 Å². The number of hydrogen-bond acceptors (Lipinski definition) is 3. The van der Waals surface area contributed by atoms with Gasteiger partial charge in [-0.3, -0.25) is 9.69 Å². The van der Waals surface area contributed by atoms with Crippen LogP contribution in [0.2, 0.25) is 0 Å². The van der Waals surface area contributed by atoms with Gasteiger partial charge < -0.3 is 10.1 Å². The summed E-state index contributed by atoms with van der Waals surface area (Å²) in [6.45, 7) is 14.4. The van der Waals surface area contributed by atoms with Crippen LogP contribution in [-0.2, 0) is 4.79 Å². The molecule has 1 N–H and O–H groups in total. The molecule has 0 aliphatic carbocycles. The Bertz CT molecular complexity index is 524. The third-order valence-electron chi connectivity index (χ3n) is 4.41. The Morgan fingerprint density at radius 2 is 1.75 bits per heavy atom. The number of carbonyl (C=O) groups is 1. The second-order valence-electron chi connectivity index (χ2n) is 8.28. The fourth-order valence-corrected chi connectivity index (χ4v) is 3.22.